The maximum atomic E-state index is 11.5. The number of rotatable bonds is 8. The van der Waals surface area contributed by atoms with Crippen LogP contribution in [0.5, 0.6) is 11.6 Å². The number of carbonyl (C=O) groups is 1. The monoisotopic (exact) mass is 356 g/mol. The zero-order chi connectivity index (χ0) is 19.2. The first kappa shape index (κ1) is 19.9. The van der Waals surface area contributed by atoms with Gasteiger partial charge in [0, 0.05) is 18.3 Å². The molecule has 0 amide bonds. The van der Waals surface area contributed by atoms with Gasteiger partial charge in [0.15, 0.2) is 0 Å². The van der Waals surface area contributed by atoms with Crippen LogP contribution >= 0.6 is 0 Å². The molecule has 0 aliphatic rings. The zero-order valence-electron chi connectivity index (χ0n) is 15.9. The molecule has 1 unspecified atom stereocenters. The van der Waals surface area contributed by atoms with Crippen LogP contribution in [0.15, 0.2) is 48.7 Å². The maximum absolute atomic E-state index is 11.5. The van der Waals surface area contributed by atoms with E-state index in [1.165, 1.54) is 0 Å². The molecule has 0 bridgehead atoms. The molecule has 0 saturated carbocycles. The second kappa shape index (κ2) is 8.81. The quantitative estimate of drug-likeness (QED) is 0.710. The van der Waals surface area contributed by atoms with Gasteiger partial charge in [-0.1, -0.05) is 45.0 Å². The number of nitrogens with one attached hydrogen (secondary N) is 1. The van der Waals surface area contributed by atoms with Gasteiger partial charge < -0.3 is 9.84 Å². The van der Waals surface area contributed by atoms with Crippen molar-refractivity contribution in [1.82, 2.24) is 10.3 Å². The fourth-order valence-corrected chi connectivity index (χ4v) is 2.57. The van der Waals surface area contributed by atoms with Crippen molar-refractivity contribution >= 4 is 5.97 Å². The molecule has 1 aromatic carbocycles. The topological polar surface area (TPSA) is 71.5 Å². The van der Waals surface area contributed by atoms with Crippen LogP contribution in [0.4, 0.5) is 0 Å². The van der Waals surface area contributed by atoms with E-state index in [0.717, 1.165) is 17.7 Å². The molecule has 0 aliphatic heterocycles. The molecule has 2 aromatic rings. The number of aliphatic carboxylic acids is 1. The lowest BCUT2D eigenvalue weighted by Gasteiger charge is -2.24. The maximum Gasteiger partial charge on any atom is 0.320 e. The van der Waals surface area contributed by atoms with Crippen LogP contribution < -0.4 is 10.1 Å². The van der Waals surface area contributed by atoms with E-state index in [-0.39, 0.29) is 11.5 Å². The third kappa shape index (κ3) is 6.48. The van der Waals surface area contributed by atoms with Crippen LogP contribution in [0.2, 0.25) is 0 Å². The van der Waals surface area contributed by atoms with Gasteiger partial charge in [0.2, 0.25) is 5.88 Å². The predicted molar refractivity (Wildman–Crippen MR) is 102 cm³/mol. The molecule has 2 N–H and O–H groups in total. The first-order valence-electron chi connectivity index (χ1n) is 8.92. The van der Waals surface area contributed by atoms with E-state index in [9.17, 15) is 9.90 Å². The molecule has 0 fully saturated rings. The minimum absolute atomic E-state index is 0.108. The zero-order valence-corrected chi connectivity index (χ0v) is 15.9. The highest BCUT2D eigenvalue weighted by molar-refractivity contribution is 5.73. The van der Waals surface area contributed by atoms with Crippen LogP contribution in [0.1, 0.15) is 52.1 Å². The van der Waals surface area contributed by atoms with Crippen molar-refractivity contribution in [3.05, 3.63) is 54.2 Å². The average molecular weight is 356 g/mol. The number of carboxylic acid groups (broad SMARTS) is 1. The molecule has 2 atom stereocenters. The Labute approximate surface area is 155 Å². The molecule has 0 radical (unpaired) electrons. The summed E-state index contributed by atoms with van der Waals surface area (Å²) in [7, 11) is 0. The summed E-state index contributed by atoms with van der Waals surface area (Å²) in [5, 5.41) is 12.7. The number of pyridine rings is 1. The third-order valence-electron chi connectivity index (χ3n) is 4.16. The Balaban J connectivity index is 1.97. The highest BCUT2D eigenvalue weighted by atomic mass is 16.5. The number of aromatic nitrogens is 1. The van der Waals surface area contributed by atoms with Gasteiger partial charge in [0.05, 0.1) is 0 Å². The number of para-hydroxylation sites is 1. The molecule has 0 spiro atoms. The summed E-state index contributed by atoms with van der Waals surface area (Å²) in [6.45, 7) is 8.29. The Morgan fingerprint density at radius 3 is 2.42 bits per heavy atom. The highest BCUT2D eigenvalue weighted by Crippen LogP contribution is 2.24. The second-order valence-electron chi connectivity index (χ2n) is 7.72. The average Bonchev–Trinajstić information content (AvgIpc) is 2.59. The summed E-state index contributed by atoms with van der Waals surface area (Å²) in [5.41, 5.74) is 1.03. The van der Waals surface area contributed by atoms with Crippen LogP contribution in [-0.2, 0) is 4.79 Å². The van der Waals surface area contributed by atoms with Gasteiger partial charge in [-0.25, -0.2) is 4.98 Å². The molecule has 0 saturated heterocycles. The van der Waals surface area contributed by atoms with E-state index >= 15 is 0 Å². The van der Waals surface area contributed by atoms with Gasteiger partial charge in [-0.3, -0.25) is 10.1 Å². The number of benzene rings is 1. The Morgan fingerprint density at radius 2 is 1.88 bits per heavy atom. The Morgan fingerprint density at radius 1 is 1.19 bits per heavy atom. The van der Waals surface area contributed by atoms with E-state index in [1.807, 2.05) is 43.3 Å². The molecule has 140 valence electrons. The molecular weight excluding hydrogens is 328 g/mol. The molecule has 26 heavy (non-hydrogen) atoms. The van der Waals surface area contributed by atoms with E-state index < -0.39 is 12.0 Å². The molecule has 1 heterocycles. The van der Waals surface area contributed by atoms with Crippen molar-refractivity contribution in [1.29, 1.82) is 0 Å². The highest BCUT2D eigenvalue weighted by Gasteiger charge is 2.23. The van der Waals surface area contributed by atoms with E-state index in [0.29, 0.717) is 12.3 Å². The van der Waals surface area contributed by atoms with Gasteiger partial charge in [-0.05, 0) is 42.9 Å². The van der Waals surface area contributed by atoms with Gasteiger partial charge in [-0.15, -0.1) is 0 Å². The van der Waals surface area contributed by atoms with Gasteiger partial charge >= 0.3 is 5.97 Å². The van der Waals surface area contributed by atoms with Gasteiger partial charge in [0.1, 0.15) is 11.8 Å². The molecule has 0 aliphatic carbocycles. The lowest BCUT2D eigenvalue weighted by Crippen LogP contribution is -2.39. The Hall–Kier alpha value is -2.40. The minimum Gasteiger partial charge on any atom is -0.480 e. The smallest absolute Gasteiger partial charge is 0.320 e. The standard InChI is InChI=1S/C21H28N2O3/c1-15(23-18(20(24)25)12-13-21(2,3)4)16-10-11-19(22-14-16)26-17-8-6-5-7-9-17/h5-11,14-15,18,23H,12-13H2,1-4H3,(H,24,25)/t15-,18?/m0/s1. The van der Waals surface area contributed by atoms with Crippen LogP contribution in [0.25, 0.3) is 0 Å². The van der Waals surface area contributed by atoms with Crippen molar-refractivity contribution < 1.29 is 14.6 Å². The lowest BCUT2D eigenvalue weighted by atomic mass is 9.88. The molecule has 2 rings (SSSR count). The predicted octanol–water partition coefficient (Wildman–Crippen LogP) is 4.80. The van der Waals surface area contributed by atoms with Crippen molar-refractivity contribution in [3.63, 3.8) is 0 Å². The summed E-state index contributed by atoms with van der Waals surface area (Å²) < 4.78 is 5.68. The number of ether oxygens (including phenoxy) is 1. The van der Waals surface area contributed by atoms with Crippen molar-refractivity contribution in [2.24, 2.45) is 5.41 Å². The van der Waals surface area contributed by atoms with E-state index in [2.05, 4.69) is 31.1 Å². The summed E-state index contributed by atoms with van der Waals surface area (Å²) >= 11 is 0. The van der Waals surface area contributed by atoms with Crippen molar-refractivity contribution in [2.75, 3.05) is 0 Å². The minimum atomic E-state index is -0.821. The number of carboxylic acids is 1. The number of hydrogen-bond donors (Lipinski definition) is 2. The van der Waals surface area contributed by atoms with E-state index in [1.54, 1.807) is 12.3 Å². The molecular formula is C21H28N2O3. The summed E-state index contributed by atoms with van der Waals surface area (Å²) in [5.74, 6) is 0.416. The number of nitrogens with zero attached hydrogens (tertiary/aromatic N) is 1. The van der Waals surface area contributed by atoms with E-state index in [4.69, 9.17) is 4.74 Å². The summed E-state index contributed by atoms with van der Waals surface area (Å²) in [4.78, 5) is 15.9. The van der Waals surface area contributed by atoms with Gasteiger partial charge in [0.25, 0.3) is 0 Å². The molecule has 5 heteroatoms. The fourth-order valence-electron chi connectivity index (χ4n) is 2.57. The Kier molecular flexibility index (Phi) is 6.75. The van der Waals surface area contributed by atoms with Crippen LogP contribution in [-0.4, -0.2) is 22.1 Å². The van der Waals surface area contributed by atoms with Crippen molar-refractivity contribution in [3.8, 4) is 11.6 Å². The molecule has 1 aromatic heterocycles. The fraction of sp³-hybridized carbons (Fsp3) is 0.429. The second-order valence-corrected chi connectivity index (χ2v) is 7.72. The summed E-state index contributed by atoms with van der Waals surface area (Å²) in [6, 6.07) is 12.5. The van der Waals surface area contributed by atoms with Crippen LogP contribution in [0.3, 0.4) is 0 Å². The third-order valence-corrected chi connectivity index (χ3v) is 4.16. The van der Waals surface area contributed by atoms with Crippen molar-refractivity contribution in [2.45, 2.75) is 52.6 Å². The summed E-state index contributed by atoms with van der Waals surface area (Å²) in [6.07, 6.45) is 3.15. The lowest BCUT2D eigenvalue weighted by molar-refractivity contribution is -0.140. The Bertz CT molecular complexity index is 693. The van der Waals surface area contributed by atoms with Gasteiger partial charge in [-0.2, -0.15) is 0 Å². The number of hydrogen-bond acceptors (Lipinski definition) is 4. The normalized spacial score (nSPS) is 13.8. The van der Waals surface area contributed by atoms with Crippen LogP contribution in [0, 0.1) is 5.41 Å². The first-order chi connectivity index (χ1) is 12.2. The molecule has 5 nitrogen and oxygen atoms in total. The first-order valence-corrected chi connectivity index (χ1v) is 8.92. The SMILES string of the molecule is C[C@H](NC(CCC(C)(C)C)C(=O)O)c1ccc(Oc2ccccc2)nc1. The largest absolute Gasteiger partial charge is 0.480 e.